The van der Waals surface area contributed by atoms with E-state index in [2.05, 4.69) is 5.32 Å². The van der Waals surface area contributed by atoms with Gasteiger partial charge in [-0.15, -0.1) is 0 Å². The van der Waals surface area contributed by atoms with E-state index in [1.54, 1.807) is 32.9 Å². The van der Waals surface area contributed by atoms with Crippen molar-refractivity contribution in [1.29, 1.82) is 0 Å². The Morgan fingerprint density at radius 1 is 1.35 bits per heavy atom. The largest absolute Gasteiger partial charge is 0.444 e. The van der Waals surface area contributed by atoms with E-state index in [1.165, 1.54) is 12.1 Å². The lowest BCUT2D eigenvalue weighted by atomic mass is 10.1. The molecule has 5 heteroatoms. The predicted octanol–water partition coefficient (Wildman–Crippen LogP) is 2.85. The van der Waals surface area contributed by atoms with Crippen molar-refractivity contribution >= 4 is 12.4 Å². The third kappa shape index (κ3) is 6.31. The Labute approximate surface area is 118 Å². The molecule has 1 atom stereocenters. The molecule has 4 nitrogen and oxygen atoms in total. The summed E-state index contributed by atoms with van der Waals surface area (Å²) in [6, 6.07) is 5.43. The highest BCUT2D eigenvalue weighted by atomic mass is 19.1. The van der Waals surface area contributed by atoms with Crippen LogP contribution < -0.4 is 5.32 Å². The minimum Gasteiger partial charge on any atom is -0.444 e. The van der Waals surface area contributed by atoms with Crippen LogP contribution in [0.3, 0.4) is 0 Å². The molecule has 0 bridgehead atoms. The average Bonchev–Trinajstić information content (AvgIpc) is 2.34. The molecule has 20 heavy (non-hydrogen) atoms. The Morgan fingerprint density at radius 2 is 1.95 bits per heavy atom. The van der Waals surface area contributed by atoms with Gasteiger partial charge in [0.25, 0.3) is 0 Å². The number of benzene rings is 1. The Hall–Kier alpha value is -1.91. The molecule has 1 amide bonds. The smallest absolute Gasteiger partial charge is 0.408 e. The number of carbonyl (C=O) groups is 2. The molecule has 0 unspecified atom stereocenters. The Balaban J connectivity index is 2.45. The first kappa shape index (κ1) is 16.1. The summed E-state index contributed by atoms with van der Waals surface area (Å²) in [4.78, 5) is 22.5. The fourth-order valence-electron chi connectivity index (χ4n) is 1.61. The molecule has 1 aromatic carbocycles. The van der Waals surface area contributed by atoms with Crippen molar-refractivity contribution in [3.05, 3.63) is 35.6 Å². The molecular formula is C15H20FNO3. The van der Waals surface area contributed by atoms with E-state index in [0.717, 1.165) is 5.56 Å². The molecule has 0 saturated carbocycles. The van der Waals surface area contributed by atoms with E-state index in [-0.39, 0.29) is 5.82 Å². The van der Waals surface area contributed by atoms with Gasteiger partial charge in [-0.3, -0.25) is 0 Å². The molecule has 110 valence electrons. The monoisotopic (exact) mass is 281 g/mol. The van der Waals surface area contributed by atoms with Gasteiger partial charge in [0.1, 0.15) is 17.7 Å². The van der Waals surface area contributed by atoms with Crippen molar-refractivity contribution < 1.29 is 18.7 Å². The van der Waals surface area contributed by atoms with E-state index < -0.39 is 17.7 Å². The van der Waals surface area contributed by atoms with E-state index in [1.807, 2.05) is 0 Å². The molecule has 0 aliphatic rings. The zero-order chi connectivity index (χ0) is 15.2. The van der Waals surface area contributed by atoms with Crippen molar-refractivity contribution in [3.8, 4) is 0 Å². The number of carbonyl (C=O) groups excluding carboxylic acids is 2. The Morgan fingerprint density at radius 3 is 2.45 bits per heavy atom. The summed E-state index contributed by atoms with van der Waals surface area (Å²) in [5.41, 5.74) is 0.304. The van der Waals surface area contributed by atoms with Gasteiger partial charge < -0.3 is 14.8 Å². The lowest BCUT2D eigenvalue weighted by Crippen LogP contribution is -2.40. The second-order valence-corrected chi connectivity index (χ2v) is 5.55. The summed E-state index contributed by atoms with van der Waals surface area (Å²) >= 11 is 0. The minimum absolute atomic E-state index is 0.299. The van der Waals surface area contributed by atoms with Crippen LogP contribution in [0.1, 0.15) is 32.8 Å². The van der Waals surface area contributed by atoms with Crippen molar-refractivity contribution in [2.24, 2.45) is 0 Å². The van der Waals surface area contributed by atoms with Crippen LogP contribution in [0, 0.1) is 5.82 Å². The minimum atomic E-state index is -0.617. The van der Waals surface area contributed by atoms with Crippen molar-refractivity contribution in [2.75, 3.05) is 0 Å². The lowest BCUT2D eigenvalue weighted by Gasteiger charge is -2.21. The maximum Gasteiger partial charge on any atom is 0.408 e. The number of aryl methyl sites for hydroxylation is 1. The zero-order valence-electron chi connectivity index (χ0n) is 12.0. The van der Waals surface area contributed by atoms with E-state index in [9.17, 15) is 14.0 Å². The van der Waals surface area contributed by atoms with Gasteiger partial charge in [0.15, 0.2) is 0 Å². The van der Waals surface area contributed by atoms with Gasteiger partial charge >= 0.3 is 6.09 Å². The Kier molecular flexibility index (Phi) is 5.67. The van der Waals surface area contributed by atoms with Crippen LogP contribution in [-0.4, -0.2) is 24.0 Å². The topological polar surface area (TPSA) is 55.4 Å². The molecule has 1 rings (SSSR count). The summed E-state index contributed by atoms with van der Waals surface area (Å²) in [6.07, 6.45) is 1.06. The summed E-state index contributed by atoms with van der Waals surface area (Å²) in [6.45, 7) is 5.25. The molecule has 0 spiro atoms. The number of hydrogen-bond acceptors (Lipinski definition) is 3. The molecule has 0 aromatic heterocycles. The SMILES string of the molecule is CC(C)(C)OC(=O)N[C@H](C=O)CCc1ccc(F)cc1. The molecule has 0 aliphatic carbocycles. The Bertz CT molecular complexity index is 451. The maximum absolute atomic E-state index is 12.8. The van der Waals surface area contributed by atoms with Crippen LogP contribution in [0.2, 0.25) is 0 Å². The molecular weight excluding hydrogens is 261 g/mol. The lowest BCUT2D eigenvalue weighted by molar-refractivity contribution is -0.109. The molecule has 1 N–H and O–H groups in total. The van der Waals surface area contributed by atoms with Crippen LogP contribution in [-0.2, 0) is 16.0 Å². The fourth-order valence-corrected chi connectivity index (χ4v) is 1.61. The highest BCUT2D eigenvalue weighted by Gasteiger charge is 2.19. The number of hydrogen-bond donors (Lipinski definition) is 1. The predicted molar refractivity (Wildman–Crippen MR) is 73.9 cm³/mol. The normalized spacial score (nSPS) is 12.6. The number of amides is 1. The second-order valence-electron chi connectivity index (χ2n) is 5.55. The van der Waals surface area contributed by atoms with Gasteiger partial charge in [0.05, 0.1) is 6.04 Å². The van der Waals surface area contributed by atoms with Crippen molar-refractivity contribution in [2.45, 2.75) is 45.3 Å². The first-order valence-corrected chi connectivity index (χ1v) is 6.49. The van der Waals surface area contributed by atoms with Gasteiger partial charge in [-0.05, 0) is 51.3 Å². The van der Waals surface area contributed by atoms with Gasteiger partial charge in [0.2, 0.25) is 0 Å². The number of alkyl carbamates (subject to hydrolysis) is 1. The third-order valence-electron chi connectivity index (χ3n) is 2.52. The van der Waals surface area contributed by atoms with Crippen molar-refractivity contribution in [1.82, 2.24) is 5.32 Å². The number of nitrogens with one attached hydrogen (secondary N) is 1. The molecule has 0 saturated heterocycles. The fraction of sp³-hybridized carbons (Fsp3) is 0.467. The van der Waals surface area contributed by atoms with E-state index in [0.29, 0.717) is 19.1 Å². The molecule has 0 heterocycles. The number of halogens is 1. The van der Waals surface area contributed by atoms with Gasteiger partial charge in [0, 0.05) is 0 Å². The van der Waals surface area contributed by atoms with E-state index in [4.69, 9.17) is 4.74 Å². The molecule has 1 aromatic rings. The molecule has 0 radical (unpaired) electrons. The summed E-state index contributed by atoms with van der Waals surface area (Å²) in [7, 11) is 0. The quantitative estimate of drug-likeness (QED) is 0.844. The summed E-state index contributed by atoms with van der Waals surface area (Å²) in [5, 5.41) is 2.50. The third-order valence-corrected chi connectivity index (χ3v) is 2.52. The van der Waals surface area contributed by atoms with E-state index >= 15 is 0 Å². The summed E-state index contributed by atoms with van der Waals surface area (Å²) < 4.78 is 17.8. The van der Waals surface area contributed by atoms with Crippen LogP contribution >= 0.6 is 0 Å². The van der Waals surface area contributed by atoms with Crippen molar-refractivity contribution in [3.63, 3.8) is 0 Å². The number of ether oxygens (including phenoxy) is 1. The standard InChI is InChI=1S/C15H20FNO3/c1-15(2,3)20-14(19)17-13(10-18)9-6-11-4-7-12(16)8-5-11/h4-5,7-8,10,13H,6,9H2,1-3H3,(H,17,19)/t13-/m0/s1. The van der Waals surface area contributed by atoms with Gasteiger partial charge in [-0.25, -0.2) is 9.18 Å². The first-order valence-electron chi connectivity index (χ1n) is 6.49. The first-order chi connectivity index (χ1) is 9.30. The number of rotatable bonds is 5. The van der Waals surface area contributed by atoms with Gasteiger partial charge in [-0.2, -0.15) is 0 Å². The molecule has 0 aliphatic heterocycles. The summed E-state index contributed by atoms with van der Waals surface area (Å²) in [5.74, 6) is -0.299. The van der Waals surface area contributed by atoms with Crippen LogP contribution in [0.15, 0.2) is 24.3 Å². The second kappa shape index (κ2) is 7.03. The van der Waals surface area contributed by atoms with Crippen LogP contribution in [0.5, 0.6) is 0 Å². The van der Waals surface area contributed by atoms with Crippen LogP contribution in [0.25, 0.3) is 0 Å². The zero-order valence-corrected chi connectivity index (χ0v) is 12.0. The maximum atomic E-state index is 12.8. The average molecular weight is 281 g/mol. The van der Waals surface area contributed by atoms with Gasteiger partial charge in [-0.1, -0.05) is 12.1 Å². The highest BCUT2D eigenvalue weighted by Crippen LogP contribution is 2.09. The number of aldehydes is 1. The molecule has 0 fully saturated rings. The van der Waals surface area contributed by atoms with Crippen LogP contribution in [0.4, 0.5) is 9.18 Å². The highest BCUT2D eigenvalue weighted by molar-refractivity contribution is 5.73.